The van der Waals surface area contributed by atoms with Crippen molar-refractivity contribution in [3.8, 4) is 5.75 Å². The molecule has 35 heavy (non-hydrogen) atoms. The molecular weight excluding hydrogens is 447 g/mol. The van der Waals surface area contributed by atoms with E-state index in [2.05, 4.69) is 4.90 Å². The summed E-state index contributed by atoms with van der Waals surface area (Å²) >= 11 is 0. The van der Waals surface area contributed by atoms with Crippen LogP contribution in [-0.2, 0) is 26.1 Å². The summed E-state index contributed by atoms with van der Waals surface area (Å²) in [5.41, 5.74) is 4.40. The van der Waals surface area contributed by atoms with Crippen molar-refractivity contribution in [3.63, 3.8) is 0 Å². The fraction of sp³-hybridized carbons (Fsp3) is 0.407. The minimum absolute atomic E-state index is 0.128. The third-order valence-electron chi connectivity index (χ3n) is 6.86. The van der Waals surface area contributed by atoms with E-state index in [1.54, 1.807) is 24.1 Å². The molecule has 3 aromatic rings. The number of β-amino-alcohol motifs (C(OH)–C–C–N with tert-alkyl or cyclic N) is 1. The van der Waals surface area contributed by atoms with Gasteiger partial charge in [-0.25, -0.2) is 4.39 Å². The van der Waals surface area contributed by atoms with Gasteiger partial charge in [-0.1, -0.05) is 24.3 Å². The minimum Gasteiger partial charge on any atom is -0.497 e. The predicted molar refractivity (Wildman–Crippen MR) is 130 cm³/mol. The van der Waals surface area contributed by atoms with Crippen molar-refractivity contribution in [2.75, 3.05) is 26.7 Å². The topological polar surface area (TPSA) is 70.8 Å². The molecule has 0 radical (unpaired) electrons. The van der Waals surface area contributed by atoms with Gasteiger partial charge in [0.2, 0.25) is 0 Å². The second kappa shape index (κ2) is 10.2. The number of methoxy groups -OCH3 is 1. The summed E-state index contributed by atoms with van der Waals surface area (Å²) in [6.07, 6.45) is 1.75. The van der Waals surface area contributed by atoms with Crippen molar-refractivity contribution < 1.29 is 19.0 Å². The second-order valence-electron chi connectivity index (χ2n) is 9.42. The van der Waals surface area contributed by atoms with Gasteiger partial charge < -0.3 is 14.7 Å². The van der Waals surface area contributed by atoms with Gasteiger partial charge in [0.05, 0.1) is 19.8 Å². The largest absolute Gasteiger partial charge is 0.497 e. The fourth-order valence-corrected chi connectivity index (χ4v) is 5.11. The molecule has 1 atom stereocenters. The fourth-order valence-electron chi connectivity index (χ4n) is 5.11. The smallest absolute Gasteiger partial charge is 0.274 e. The number of aliphatic hydroxyl groups excluding tert-OH is 1. The number of benzene rings is 2. The van der Waals surface area contributed by atoms with Gasteiger partial charge in [-0.15, -0.1) is 0 Å². The Morgan fingerprint density at radius 2 is 1.94 bits per heavy atom. The standard InChI is InChI=1S/C27H31FN4O3/c1-35-23-9-3-6-20(14-23)16-32-25-10-12-30(15-19-5-2-7-21(28)13-19)18-24(25)26(29-32)27(34)31-11-4-8-22(33)17-31/h2-3,5-7,9,13-14,22,33H,4,8,10-12,15-18H2,1H3/t22-/m1/s1. The van der Waals surface area contributed by atoms with Crippen LogP contribution in [0.4, 0.5) is 4.39 Å². The van der Waals surface area contributed by atoms with Gasteiger partial charge in [0, 0.05) is 50.4 Å². The summed E-state index contributed by atoms with van der Waals surface area (Å²) in [5, 5.41) is 14.9. The Balaban J connectivity index is 1.45. The minimum atomic E-state index is -0.494. The first-order valence-electron chi connectivity index (χ1n) is 12.2. The molecule has 1 N–H and O–H groups in total. The first-order chi connectivity index (χ1) is 17.0. The molecule has 1 amide bonds. The molecule has 1 saturated heterocycles. The zero-order valence-corrected chi connectivity index (χ0v) is 20.0. The van der Waals surface area contributed by atoms with Crippen LogP contribution in [0.15, 0.2) is 48.5 Å². The number of carbonyl (C=O) groups excluding carboxylic acids is 1. The third-order valence-corrected chi connectivity index (χ3v) is 6.86. The number of aromatic nitrogens is 2. The van der Waals surface area contributed by atoms with Gasteiger partial charge in [-0.3, -0.25) is 14.4 Å². The number of fused-ring (bicyclic) bond motifs is 1. The van der Waals surface area contributed by atoms with Crippen LogP contribution < -0.4 is 4.74 Å². The Kier molecular flexibility index (Phi) is 6.83. The lowest BCUT2D eigenvalue weighted by molar-refractivity contribution is 0.0466. The maximum atomic E-state index is 13.7. The number of halogens is 1. The Labute approximate surface area is 204 Å². The van der Waals surface area contributed by atoms with Crippen LogP contribution in [-0.4, -0.2) is 63.4 Å². The molecule has 184 valence electrons. The highest BCUT2D eigenvalue weighted by molar-refractivity contribution is 5.94. The van der Waals surface area contributed by atoms with Gasteiger partial charge in [0.15, 0.2) is 5.69 Å². The predicted octanol–water partition coefficient (Wildman–Crippen LogP) is 3.23. The van der Waals surface area contributed by atoms with E-state index in [1.165, 1.54) is 6.07 Å². The quantitative estimate of drug-likeness (QED) is 0.589. The average Bonchev–Trinajstić information content (AvgIpc) is 3.21. The van der Waals surface area contributed by atoms with Crippen LogP contribution in [0, 0.1) is 5.82 Å². The highest BCUT2D eigenvalue weighted by Crippen LogP contribution is 2.27. The number of aliphatic hydroxyl groups is 1. The Morgan fingerprint density at radius 3 is 2.71 bits per heavy atom. The third kappa shape index (κ3) is 5.23. The molecule has 2 aliphatic heterocycles. The van der Waals surface area contributed by atoms with Crippen LogP contribution in [0.25, 0.3) is 0 Å². The maximum Gasteiger partial charge on any atom is 0.274 e. The second-order valence-corrected chi connectivity index (χ2v) is 9.42. The lowest BCUT2D eigenvalue weighted by Crippen LogP contribution is -2.43. The van der Waals surface area contributed by atoms with Crippen LogP contribution in [0.5, 0.6) is 5.75 Å². The van der Waals surface area contributed by atoms with E-state index in [9.17, 15) is 14.3 Å². The van der Waals surface area contributed by atoms with E-state index in [4.69, 9.17) is 9.84 Å². The van der Waals surface area contributed by atoms with E-state index in [0.717, 1.165) is 47.5 Å². The number of piperidine rings is 1. The number of carbonyl (C=O) groups is 1. The van der Waals surface area contributed by atoms with Crippen molar-refractivity contribution in [2.24, 2.45) is 0 Å². The first-order valence-corrected chi connectivity index (χ1v) is 12.2. The van der Waals surface area contributed by atoms with Crippen molar-refractivity contribution in [1.29, 1.82) is 0 Å². The first kappa shape index (κ1) is 23.5. The van der Waals surface area contributed by atoms with E-state index in [0.29, 0.717) is 44.8 Å². The van der Waals surface area contributed by atoms with Gasteiger partial charge in [0.25, 0.3) is 5.91 Å². The van der Waals surface area contributed by atoms with Crippen molar-refractivity contribution in [1.82, 2.24) is 19.6 Å². The summed E-state index contributed by atoms with van der Waals surface area (Å²) < 4.78 is 21.0. The zero-order chi connectivity index (χ0) is 24.4. The van der Waals surface area contributed by atoms with Gasteiger partial charge in [-0.05, 0) is 48.2 Å². The van der Waals surface area contributed by atoms with Gasteiger partial charge >= 0.3 is 0 Å². The Hall–Kier alpha value is -3.23. The number of hydrogen-bond acceptors (Lipinski definition) is 5. The summed E-state index contributed by atoms with van der Waals surface area (Å²) in [6, 6.07) is 14.5. The molecule has 0 spiro atoms. The van der Waals surface area contributed by atoms with Crippen LogP contribution in [0.2, 0.25) is 0 Å². The molecule has 0 unspecified atom stereocenters. The Bertz CT molecular complexity index is 1210. The molecule has 0 aliphatic carbocycles. The molecule has 8 heteroatoms. The summed E-state index contributed by atoms with van der Waals surface area (Å²) in [4.78, 5) is 17.5. The lowest BCUT2D eigenvalue weighted by atomic mass is 10.0. The molecule has 1 aromatic heterocycles. The molecule has 1 fully saturated rings. The number of rotatable bonds is 6. The number of likely N-dealkylation sites (tertiary alicyclic amines) is 1. The van der Waals surface area contributed by atoms with Crippen molar-refractivity contribution >= 4 is 5.91 Å². The number of amides is 1. The van der Waals surface area contributed by atoms with Crippen LogP contribution >= 0.6 is 0 Å². The molecular formula is C27H31FN4O3. The number of nitrogens with zero attached hydrogens (tertiary/aromatic N) is 4. The number of hydrogen-bond donors (Lipinski definition) is 1. The SMILES string of the molecule is COc1cccc(Cn2nc(C(=O)N3CCC[C@@H](O)C3)c3c2CCN(Cc2cccc(F)c2)C3)c1. The maximum absolute atomic E-state index is 13.7. The van der Waals surface area contributed by atoms with Crippen molar-refractivity contribution in [3.05, 3.63) is 82.4 Å². The van der Waals surface area contributed by atoms with E-state index >= 15 is 0 Å². The summed E-state index contributed by atoms with van der Waals surface area (Å²) in [5.74, 6) is 0.409. The van der Waals surface area contributed by atoms with Gasteiger partial charge in [-0.2, -0.15) is 5.10 Å². The Morgan fingerprint density at radius 1 is 1.14 bits per heavy atom. The van der Waals surface area contributed by atoms with E-state index < -0.39 is 6.10 Å². The molecule has 0 bridgehead atoms. The molecule has 3 heterocycles. The molecule has 0 saturated carbocycles. The van der Waals surface area contributed by atoms with Crippen LogP contribution in [0.3, 0.4) is 0 Å². The molecule has 2 aromatic carbocycles. The number of ether oxygens (including phenoxy) is 1. The monoisotopic (exact) mass is 478 g/mol. The highest BCUT2D eigenvalue weighted by Gasteiger charge is 2.32. The average molecular weight is 479 g/mol. The van der Waals surface area contributed by atoms with E-state index in [-0.39, 0.29) is 11.7 Å². The molecule has 7 nitrogen and oxygen atoms in total. The highest BCUT2D eigenvalue weighted by atomic mass is 19.1. The van der Waals surface area contributed by atoms with E-state index in [1.807, 2.05) is 35.0 Å². The molecule has 5 rings (SSSR count). The van der Waals surface area contributed by atoms with Crippen LogP contribution in [0.1, 0.15) is 45.7 Å². The normalized spacial score (nSPS) is 18.4. The molecule has 2 aliphatic rings. The van der Waals surface area contributed by atoms with Gasteiger partial charge in [0.1, 0.15) is 11.6 Å². The summed E-state index contributed by atoms with van der Waals surface area (Å²) in [6.45, 7) is 3.47. The lowest BCUT2D eigenvalue weighted by Gasteiger charge is -2.31. The van der Waals surface area contributed by atoms with Crippen molar-refractivity contribution in [2.45, 2.75) is 45.0 Å². The zero-order valence-electron chi connectivity index (χ0n) is 20.0. The summed E-state index contributed by atoms with van der Waals surface area (Å²) in [7, 11) is 1.64.